The molecule has 0 saturated carbocycles. The second-order valence-corrected chi connectivity index (χ2v) is 5.01. The van der Waals surface area contributed by atoms with Crippen LogP contribution >= 0.6 is 27.5 Å². The Morgan fingerprint density at radius 2 is 2.00 bits per heavy atom. The fraction of sp³-hybridized carbons (Fsp3) is 0.0714. The van der Waals surface area contributed by atoms with Crippen LogP contribution in [-0.2, 0) is 6.54 Å². The van der Waals surface area contributed by atoms with Crippen molar-refractivity contribution in [2.45, 2.75) is 6.54 Å². The average molecular weight is 322 g/mol. The fourth-order valence-corrected chi connectivity index (χ4v) is 2.22. The molecule has 2 aromatic carbocycles. The van der Waals surface area contributed by atoms with Crippen LogP contribution in [0.25, 0.3) is 0 Å². The van der Waals surface area contributed by atoms with Crippen LogP contribution in [0.2, 0.25) is 5.02 Å². The van der Waals surface area contributed by atoms with Crippen molar-refractivity contribution in [2.75, 3.05) is 5.32 Å². The van der Waals surface area contributed by atoms with E-state index < -0.39 is 0 Å². The quantitative estimate of drug-likeness (QED) is 0.897. The predicted octanol–water partition coefficient (Wildman–Crippen LogP) is 4.59. The van der Waals surface area contributed by atoms with Crippen LogP contribution in [0.5, 0.6) is 0 Å². The standard InChI is InChI=1S/C14H10BrClN2/c15-13-7-12(6-5-10(13)8-17)18-9-11-3-1-2-4-14(11)16/h1-7,18H,9H2. The molecule has 0 radical (unpaired) electrons. The van der Waals surface area contributed by atoms with Gasteiger partial charge in [-0.05, 0) is 45.8 Å². The molecule has 0 atom stereocenters. The van der Waals surface area contributed by atoms with Crippen molar-refractivity contribution in [1.82, 2.24) is 0 Å². The molecular weight excluding hydrogens is 312 g/mol. The highest BCUT2D eigenvalue weighted by Gasteiger charge is 2.02. The average Bonchev–Trinajstić information content (AvgIpc) is 2.38. The second-order valence-electron chi connectivity index (χ2n) is 3.75. The van der Waals surface area contributed by atoms with Crippen LogP contribution in [0, 0.1) is 11.3 Å². The van der Waals surface area contributed by atoms with Gasteiger partial charge in [0.05, 0.1) is 5.56 Å². The zero-order valence-electron chi connectivity index (χ0n) is 9.45. The molecule has 4 heteroatoms. The van der Waals surface area contributed by atoms with Gasteiger partial charge in [-0.2, -0.15) is 5.26 Å². The van der Waals surface area contributed by atoms with Crippen molar-refractivity contribution in [3.8, 4) is 6.07 Å². The van der Waals surface area contributed by atoms with E-state index in [1.165, 1.54) is 0 Å². The molecule has 2 aromatic rings. The van der Waals surface area contributed by atoms with Gasteiger partial charge in [0.2, 0.25) is 0 Å². The summed E-state index contributed by atoms with van der Waals surface area (Å²) < 4.78 is 0.786. The van der Waals surface area contributed by atoms with E-state index in [1.807, 2.05) is 36.4 Å². The van der Waals surface area contributed by atoms with E-state index in [4.69, 9.17) is 16.9 Å². The van der Waals surface area contributed by atoms with Crippen molar-refractivity contribution in [3.05, 3.63) is 63.1 Å². The van der Waals surface area contributed by atoms with Gasteiger partial charge in [0.15, 0.2) is 0 Å². The number of hydrogen-bond donors (Lipinski definition) is 1. The molecule has 2 nitrogen and oxygen atoms in total. The first kappa shape index (κ1) is 12.9. The van der Waals surface area contributed by atoms with Crippen LogP contribution in [0.15, 0.2) is 46.9 Å². The molecule has 0 unspecified atom stereocenters. The zero-order valence-corrected chi connectivity index (χ0v) is 11.8. The lowest BCUT2D eigenvalue weighted by atomic mass is 10.2. The first-order chi connectivity index (χ1) is 8.70. The number of nitrogens with zero attached hydrogens (tertiary/aromatic N) is 1. The maximum Gasteiger partial charge on any atom is 0.100 e. The minimum Gasteiger partial charge on any atom is -0.381 e. The van der Waals surface area contributed by atoms with E-state index in [0.717, 1.165) is 20.7 Å². The van der Waals surface area contributed by atoms with Crippen LogP contribution in [0.1, 0.15) is 11.1 Å². The Morgan fingerprint density at radius 3 is 2.67 bits per heavy atom. The molecule has 0 aliphatic heterocycles. The second kappa shape index (κ2) is 5.90. The Balaban J connectivity index is 2.10. The van der Waals surface area contributed by atoms with Crippen molar-refractivity contribution in [1.29, 1.82) is 5.26 Å². The number of nitriles is 1. The lowest BCUT2D eigenvalue weighted by Crippen LogP contribution is -2.00. The molecule has 2 rings (SSSR count). The maximum atomic E-state index is 8.84. The summed E-state index contributed by atoms with van der Waals surface area (Å²) >= 11 is 9.44. The molecule has 0 aliphatic carbocycles. The molecule has 0 aliphatic rings. The summed E-state index contributed by atoms with van der Waals surface area (Å²) in [6.07, 6.45) is 0. The zero-order chi connectivity index (χ0) is 13.0. The van der Waals surface area contributed by atoms with E-state index in [9.17, 15) is 0 Å². The van der Waals surface area contributed by atoms with E-state index in [0.29, 0.717) is 12.1 Å². The third-order valence-electron chi connectivity index (χ3n) is 2.53. The van der Waals surface area contributed by atoms with Gasteiger partial charge in [-0.1, -0.05) is 29.8 Å². The van der Waals surface area contributed by atoms with Gasteiger partial charge < -0.3 is 5.32 Å². The number of rotatable bonds is 3. The highest BCUT2D eigenvalue weighted by molar-refractivity contribution is 9.10. The number of anilines is 1. The summed E-state index contributed by atoms with van der Waals surface area (Å²) in [5, 5.41) is 12.9. The topological polar surface area (TPSA) is 35.8 Å². The predicted molar refractivity (Wildman–Crippen MR) is 77.6 cm³/mol. The van der Waals surface area contributed by atoms with Crippen LogP contribution < -0.4 is 5.32 Å². The molecule has 0 saturated heterocycles. The largest absolute Gasteiger partial charge is 0.381 e. The van der Waals surface area contributed by atoms with Crippen molar-refractivity contribution in [3.63, 3.8) is 0 Å². The van der Waals surface area contributed by atoms with Gasteiger partial charge >= 0.3 is 0 Å². The van der Waals surface area contributed by atoms with Crippen molar-refractivity contribution < 1.29 is 0 Å². The lowest BCUT2D eigenvalue weighted by molar-refractivity contribution is 1.15. The molecule has 0 fully saturated rings. The van der Waals surface area contributed by atoms with Gasteiger partial charge in [-0.25, -0.2) is 0 Å². The summed E-state index contributed by atoms with van der Waals surface area (Å²) in [4.78, 5) is 0. The van der Waals surface area contributed by atoms with E-state index in [2.05, 4.69) is 27.3 Å². The van der Waals surface area contributed by atoms with Crippen molar-refractivity contribution >= 4 is 33.2 Å². The molecule has 90 valence electrons. The number of benzene rings is 2. The fourth-order valence-electron chi connectivity index (χ4n) is 1.55. The van der Waals surface area contributed by atoms with Gasteiger partial charge in [0, 0.05) is 21.7 Å². The summed E-state index contributed by atoms with van der Waals surface area (Å²) in [6.45, 7) is 0.651. The third kappa shape index (κ3) is 3.04. The molecule has 0 amide bonds. The van der Waals surface area contributed by atoms with Crippen LogP contribution in [0.3, 0.4) is 0 Å². The van der Waals surface area contributed by atoms with E-state index in [1.54, 1.807) is 6.07 Å². The minimum atomic E-state index is 0.623. The van der Waals surface area contributed by atoms with E-state index >= 15 is 0 Å². The molecular formula is C14H10BrClN2. The number of nitrogens with one attached hydrogen (secondary N) is 1. The highest BCUT2D eigenvalue weighted by atomic mass is 79.9. The normalized spacial score (nSPS) is 9.83. The first-order valence-electron chi connectivity index (χ1n) is 5.37. The summed E-state index contributed by atoms with van der Waals surface area (Å²) in [5.74, 6) is 0. The van der Waals surface area contributed by atoms with Gasteiger partial charge in [0.25, 0.3) is 0 Å². The summed E-state index contributed by atoms with van der Waals surface area (Å²) in [6, 6.07) is 15.4. The molecule has 18 heavy (non-hydrogen) atoms. The first-order valence-corrected chi connectivity index (χ1v) is 6.55. The molecule has 0 heterocycles. The molecule has 0 spiro atoms. The summed E-state index contributed by atoms with van der Waals surface area (Å²) in [7, 11) is 0. The molecule has 1 N–H and O–H groups in total. The monoisotopic (exact) mass is 320 g/mol. The van der Waals surface area contributed by atoms with Gasteiger partial charge in [-0.3, -0.25) is 0 Å². The Bertz CT molecular complexity index is 605. The number of halogens is 2. The highest BCUT2D eigenvalue weighted by Crippen LogP contribution is 2.22. The summed E-state index contributed by atoms with van der Waals surface area (Å²) in [5.41, 5.74) is 2.61. The smallest absolute Gasteiger partial charge is 0.100 e. The number of hydrogen-bond acceptors (Lipinski definition) is 2. The Labute approximate surface area is 119 Å². The van der Waals surface area contributed by atoms with Crippen LogP contribution in [-0.4, -0.2) is 0 Å². The minimum absolute atomic E-state index is 0.623. The third-order valence-corrected chi connectivity index (χ3v) is 3.56. The molecule has 0 aromatic heterocycles. The SMILES string of the molecule is N#Cc1ccc(NCc2ccccc2Cl)cc1Br. The maximum absolute atomic E-state index is 8.84. The Morgan fingerprint density at radius 1 is 1.22 bits per heavy atom. The van der Waals surface area contributed by atoms with Crippen LogP contribution in [0.4, 0.5) is 5.69 Å². The van der Waals surface area contributed by atoms with E-state index in [-0.39, 0.29) is 0 Å². The van der Waals surface area contributed by atoms with Gasteiger partial charge in [-0.15, -0.1) is 0 Å². The molecule has 0 bridgehead atoms. The van der Waals surface area contributed by atoms with Crippen molar-refractivity contribution in [2.24, 2.45) is 0 Å². The van der Waals surface area contributed by atoms with Gasteiger partial charge in [0.1, 0.15) is 6.07 Å². The lowest BCUT2D eigenvalue weighted by Gasteiger charge is -2.08. The Hall–Kier alpha value is -1.50. The Kier molecular flexibility index (Phi) is 4.24.